The molecule has 0 spiro atoms. The van der Waals surface area contributed by atoms with Crippen molar-refractivity contribution in [1.29, 1.82) is 0 Å². The zero-order valence-electron chi connectivity index (χ0n) is 12.0. The third-order valence-corrected chi connectivity index (χ3v) is 3.97. The van der Waals surface area contributed by atoms with E-state index in [4.69, 9.17) is 27.9 Å². The van der Waals surface area contributed by atoms with Crippen molar-refractivity contribution in [2.75, 3.05) is 19.8 Å². The van der Waals surface area contributed by atoms with Crippen LogP contribution in [0.4, 0.5) is 0 Å². The van der Waals surface area contributed by atoms with Crippen LogP contribution in [0.3, 0.4) is 0 Å². The van der Waals surface area contributed by atoms with Crippen LogP contribution >= 0.6 is 23.2 Å². The third kappa shape index (κ3) is 5.47. The molecule has 116 valence electrons. The molecule has 0 radical (unpaired) electrons. The van der Waals surface area contributed by atoms with Gasteiger partial charge in [0.2, 0.25) is 5.91 Å². The largest absolute Gasteiger partial charge is 0.378 e. The molecule has 0 saturated carbocycles. The SMILES string of the molecule is CC(Cc1ccc(Cl)cc1Cl)NC(=O)CC1COCCN1. The maximum Gasteiger partial charge on any atom is 0.221 e. The number of morpholine rings is 1. The maximum atomic E-state index is 12.0. The van der Waals surface area contributed by atoms with Crippen LogP contribution in [-0.4, -0.2) is 37.7 Å². The molecule has 1 aliphatic rings. The van der Waals surface area contributed by atoms with Crippen LogP contribution in [0.15, 0.2) is 18.2 Å². The Balaban J connectivity index is 1.80. The van der Waals surface area contributed by atoms with Gasteiger partial charge in [-0.15, -0.1) is 0 Å². The van der Waals surface area contributed by atoms with Crippen LogP contribution < -0.4 is 10.6 Å². The quantitative estimate of drug-likeness (QED) is 0.871. The first-order chi connectivity index (χ1) is 10.0. The number of hydrogen-bond acceptors (Lipinski definition) is 3. The number of carbonyl (C=O) groups excluding carboxylic acids is 1. The second-order valence-electron chi connectivity index (χ2n) is 5.34. The van der Waals surface area contributed by atoms with Crippen molar-refractivity contribution in [3.63, 3.8) is 0 Å². The van der Waals surface area contributed by atoms with Crippen molar-refractivity contribution in [3.05, 3.63) is 33.8 Å². The van der Waals surface area contributed by atoms with Crippen LogP contribution in [0, 0.1) is 0 Å². The van der Waals surface area contributed by atoms with Gasteiger partial charge in [-0.05, 0) is 31.0 Å². The molecule has 0 aromatic heterocycles. The molecule has 1 aromatic rings. The second-order valence-corrected chi connectivity index (χ2v) is 6.18. The molecule has 1 saturated heterocycles. The Bertz CT molecular complexity index is 491. The lowest BCUT2D eigenvalue weighted by Gasteiger charge is -2.24. The van der Waals surface area contributed by atoms with Gasteiger partial charge in [0.05, 0.1) is 13.2 Å². The predicted molar refractivity (Wildman–Crippen MR) is 85.0 cm³/mol. The summed E-state index contributed by atoms with van der Waals surface area (Å²) in [6.45, 7) is 4.07. The summed E-state index contributed by atoms with van der Waals surface area (Å²) in [4.78, 5) is 12.0. The molecule has 1 fully saturated rings. The van der Waals surface area contributed by atoms with Gasteiger partial charge in [0.15, 0.2) is 0 Å². The Morgan fingerprint density at radius 3 is 3.00 bits per heavy atom. The molecule has 2 atom stereocenters. The second kappa shape index (κ2) is 7.99. The van der Waals surface area contributed by atoms with Gasteiger partial charge in [0.1, 0.15) is 0 Å². The molecule has 6 heteroatoms. The summed E-state index contributed by atoms with van der Waals surface area (Å²) in [6, 6.07) is 5.53. The molecule has 21 heavy (non-hydrogen) atoms. The fourth-order valence-electron chi connectivity index (χ4n) is 2.38. The lowest BCUT2D eigenvalue weighted by molar-refractivity contribution is -0.122. The molecule has 0 aliphatic carbocycles. The molecule has 2 rings (SSSR count). The molecule has 2 unspecified atom stereocenters. The fraction of sp³-hybridized carbons (Fsp3) is 0.533. The van der Waals surface area contributed by atoms with E-state index in [2.05, 4.69) is 10.6 Å². The average molecular weight is 331 g/mol. The summed E-state index contributed by atoms with van der Waals surface area (Å²) in [5.41, 5.74) is 0.980. The Hall–Kier alpha value is -0.810. The number of nitrogens with one attached hydrogen (secondary N) is 2. The molecule has 0 bridgehead atoms. The summed E-state index contributed by atoms with van der Waals surface area (Å²) in [5.74, 6) is 0.0237. The number of rotatable bonds is 5. The molecule has 1 heterocycles. The number of ether oxygens (including phenoxy) is 1. The van der Waals surface area contributed by atoms with Crippen molar-refractivity contribution in [2.24, 2.45) is 0 Å². The molecule has 1 amide bonds. The lowest BCUT2D eigenvalue weighted by atomic mass is 10.1. The first-order valence-electron chi connectivity index (χ1n) is 7.09. The minimum Gasteiger partial charge on any atom is -0.378 e. The van der Waals surface area contributed by atoms with Crippen molar-refractivity contribution in [2.45, 2.75) is 31.8 Å². The van der Waals surface area contributed by atoms with Crippen LogP contribution in [0.2, 0.25) is 10.0 Å². The van der Waals surface area contributed by atoms with E-state index in [1.165, 1.54) is 0 Å². The van der Waals surface area contributed by atoms with Gasteiger partial charge in [-0.1, -0.05) is 29.3 Å². The van der Waals surface area contributed by atoms with Crippen molar-refractivity contribution in [1.82, 2.24) is 10.6 Å². The summed E-state index contributed by atoms with van der Waals surface area (Å²) in [5, 5.41) is 7.50. The van der Waals surface area contributed by atoms with Gasteiger partial charge in [0.25, 0.3) is 0 Å². The van der Waals surface area contributed by atoms with Crippen LogP contribution in [0.1, 0.15) is 18.9 Å². The smallest absolute Gasteiger partial charge is 0.221 e. The van der Waals surface area contributed by atoms with E-state index in [1.54, 1.807) is 12.1 Å². The number of hydrogen-bond donors (Lipinski definition) is 2. The van der Waals surface area contributed by atoms with Gasteiger partial charge < -0.3 is 15.4 Å². The maximum absolute atomic E-state index is 12.0. The Kier molecular flexibility index (Phi) is 6.30. The molecular formula is C15H20Cl2N2O2. The topological polar surface area (TPSA) is 50.4 Å². The molecular weight excluding hydrogens is 311 g/mol. The molecule has 1 aromatic carbocycles. The summed E-state index contributed by atoms with van der Waals surface area (Å²) >= 11 is 12.0. The minimum absolute atomic E-state index is 0.0145. The van der Waals surface area contributed by atoms with Gasteiger partial charge in [-0.3, -0.25) is 4.79 Å². The lowest BCUT2D eigenvalue weighted by Crippen LogP contribution is -2.45. The third-order valence-electron chi connectivity index (χ3n) is 3.38. The summed E-state index contributed by atoms with van der Waals surface area (Å²) in [6.07, 6.45) is 1.11. The highest BCUT2D eigenvalue weighted by Crippen LogP contribution is 2.22. The van der Waals surface area contributed by atoms with E-state index >= 15 is 0 Å². The Labute approximate surface area is 135 Å². The fourth-order valence-corrected chi connectivity index (χ4v) is 2.86. The van der Waals surface area contributed by atoms with Gasteiger partial charge in [-0.2, -0.15) is 0 Å². The highest BCUT2D eigenvalue weighted by molar-refractivity contribution is 6.35. The van der Waals surface area contributed by atoms with Gasteiger partial charge in [-0.25, -0.2) is 0 Å². The number of benzene rings is 1. The van der Waals surface area contributed by atoms with Crippen molar-refractivity contribution in [3.8, 4) is 0 Å². The normalized spacial score (nSPS) is 20.0. The standard InChI is InChI=1S/C15H20Cl2N2O2/c1-10(6-11-2-3-12(16)7-14(11)17)19-15(20)8-13-9-21-5-4-18-13/h2-3,7,10,13,18H,4-6,8-9H2,1H3,(H,19,20). The Morgan fingerprint density at radius 1 is 1.52 bits per heavy atom. The molecule has 2 N–H and O–H groups in total. The Morgan fingerprint density at radius 2 is 2.33 bits per heavy atom. The van der Waals surface area contributed by atoms with E-state index in [1.807, 2.05) is 13.0 Å². The zero-order valence-corrected chi connectivity index (χ0v) is 13.5. The van der Waals surface area contributed by atoms with Crippen molar-refractivity contribution < 1.29 is 9.53 Å². The van der Waals surface area contributed by atoms with Crippen molar-refractivity contribution >= 4 is 29.1 Å². The van der Waals surface area contributed by atoms with E-state index in [-0.39, 0.29) is 18.0 Å². The summed E-state index contributed by atoms with van der Waals surface area (Å²) in [7, 11) is 0. The minimum atomic E-state index is 0.0145. The van der Waals surface area contributed by atoms with Crippen LogP contribution in [0.25, 0.3) is 0 Å². The monoisotopic (exact) mass is 330 g/mol. The van der Waals surface area contributed by atoms with Crippen LogP contribution in [-0.2, 0) is 16.0 Å². The van der Waals surface area contributed by atoms with Crippen LogP contribution in [0.5, 0.6) is 0 Å². The van der Waals surface area contributed by atoms with Gasteiger partial charge in [0, 0.05) is 35.1 Å². The molecule has 4 nitrogen and oxygen atoms in total. The first-order valence-corrected chi connectivity index (χ1v) is 7.84. The highest BCUT2D eigenvalue weighted by atomic mass is 35.5. The van der Waals surface area contributed by atoms with E-state index in [0.29, 0.717) is 36.1 Å². The van der Waals surface area contributed by atoms with E-state index < -0.39 is 0 Å². The number of carbonyl (C=O) groups is 1. The number of amides is 1. The average Bonchev–Trinajstić information content (AvgIpc) is 2.43. The molecule has 1 aliphatic heterocycles. The highest BCUT2D eigenvalue weighted by Gasteiger charge is 2.18. The van der Waals surface area contributed by atoms with Gasteiger partial charge >= 0.3 is 0 Å². The predicted octanol–water partition coefficient (Wildman–Crippen LogP) is 2.42. The first kappa shape index (κ1) is 16.6. The summed E-state index contributed by atoms with van der Waals surface area (Å²) < 4.78 is 5.34. The van der Waals surface area contributed by atoms with E-state index in [0.717, 1.165) is 12.1 Å². The zero-order chi connectivity index (χ0) is 15.2. The number of halogens is 2. The van der Waals surface area contributed by atoms with E-state index in [9.17, 15) is 4.79 Å².